The van der Waals surface area contributed by atoms with Crippen molar-refractivity contribution < 1.29 is 9.21 Å². The van der Waals surface area contributed by atoms with E-state index in [1.54, 1.807) is 0 Å². The minimum absolute atomic E-state index is 0.133. The molecular weight excluding hydrogens is 324 g/mol. The van der Waals surface area contributed by atoms with Gasteiger partial charge in [-0.05, 0) is 37.4 Å². The molecule has 0 radical (unpaired) electrons. The SMILES string of the molecule is O=C(CCc1cc2ccccc2o1)NCC1CN(CCCC2CCC2)C1. The van der Waals surface area contributed by atoms with Gasteiger partial charge in [0.15, 0.2) is 0 Å². The monoisotopic (exact) mass is 354 g/mol. The van der Waals surface area contributed by atoms with Crippen LogP contribution >= 0.6 is 0 Å². The Balaban J connectivity index is 1.08. The van der Waals surface area contributed by atoms with Gasteiger partial charge in [-0.2, -0.15) is 0 Å². The molecule has 1 aromatic heterocycles. The Morgan fingerprint density at radius 2 is 2.04 bits per heavy atom. The highest BCUT2D eigenvalue weighted by atomic mass is 16.3. The number of fused-ring (bicyclic) bond motifs is 1. The molecule has 1 aliphatic heterocycles. The number of likely N-dealkylation sites (tertiary alicyclic amines) is 1. The predicted molar refractivity (Wildman–Crippen MR) is 104 cm³/mol. The van der Waals surface area contributed by atoms with Gasteiger partial charge in [0.1, 0.15) is 11.3 Å². The topological polar surface area (TPSA) is 45.5 Å². The number of nitrogens with one attached hydrogen (secondary N) is 1. The van der Waals surface area contributed by atoms with Crippen LogP contribution in [0.1, 0.15) is 44.3 Å². The van der Waals surface area contributed by atoms with Crippen LogP contribution in [-0.4, -0.2) is 37.0 Å². The fourth-order valence-corrected chi connectivity index (χ4v) is 4.12. The van der Waals surface area contributed by atoms with E-state index in [0.29, 0.717) is 18.8 Å². The molecule has 0 bridgehead atoms. The summed E-state index contributed by atoms with van der Waals surface area (Å²) in [7, 11) is 0. The van der Waals surface area contributed by atoms with Crippen LogP contribution in [-0.2, 0) is 11.2 Å². The summed E-state index contributed by atoms with van der Waals surface area (Å²) >= 11 is 0. The molecule has 4 rings (SSSR count). The maximum Gasteiger partial charge on any atom is 0.220 e. The van der Waals surface area contributed by atoms with Crippen LogP contribution in [0.3, 0.4) is 0 Å². The van der Waals surface area contributed by atoms with Crippen LogP contribution in [0.25, 0.3) is 11.0 Å². The van der Waals surface area contributed by atoms with Crippen LogP contribution < -0.4 is 5.32 Å². The molecule has 2 heterocycles. The van der Waals surface area contributed by atoms with E-state index in [9.17, 15) is 4.79 Å². The van der Waals surface area contributed by atoms with Gasteiger partial charge in [0.2, 0.25) is 5.91 Å². The van der Waals surface area contributed by atoms with Gasteiger partial charge in [-0.15, -0.1) is 0 Å². The maximum absolute atomic E-state index is 12.1. The number of carbonyl (C=O) groups excluding carboxylic acids is 1. The zero-order chi connectivity index (χ0) is 17.8. The summed E-state index contributed by atoms with van der Waals surface area (Å²) in [6.07, 6.45) is 8.30. The van der Waals surface area contributed by atoms with Gasteiger partial charge in [0.25, 0.3) is 0 Å². The Labute approximate surface area is 155 Å². The Kier molecular flexibility index (Phi) is 5.59. The number of rotatable bonds is 9. The molecule has 2 aliphatic rings. The van der Waals surface area contributed by atoms with Crippen molar-refractivity contribution in [2.24, 2.45) is 11.8 Å². The van der Waals surface area contributed by atoms with Crippen molar-refractivity contribution >= 4 is 16.9 Å². The number of aryl methyl sites for hydroxylation is 1. The van der Waals surface area contributed by atoms with Crippen LogP contribution in [0.15, 0.2) is 34.7 Å². The fourth-order valence-electron chi connectivity index (χ4n) is 4.12. The third-order valence-corrected chi connectivity index (χ3v) is 6.01. The van der Waals surface area contributed by atoms with E-state index < -0.39 is 0 Å². The van der Waals surface area contributed by atoms with Gasteiger partial charge < -0.3 is 14.6 Å². The van der Waals surface area contributed by atoms with Crippen LogP contribution in [0.4, 0.5) is 0 Å². The molecule has 1 saturated carbocycles. The molecule has 4 heteroatoms. The molecule has 0 unspecified atom stereocenters. The summed E-state index contributed by atoms with van der Waals surface area (Å²) in [5.41, 5.74) is 0.898. The minimum atomic E-state index is 0.133. The average molecular weight is 354 g/mol. The van der Waals surface area contributed by atoms with Crippen molar-refractivity contribution in [3.05, 3.63) is 36.1 Å². The third-order valence-electron chi connectivity index (χ3n) is 6.01. The van der Waals surface area contributed by atoms with E-state index in [1.807, 2.05) is 30.3 Å². The number of carbonyl (C=O) groups is 1. The first-order chi connectivity index (χ1) is 12.8. The normalized spacial score (nSPS) is 18.6. The molecule has 140 valence electrons. The largest absolute Gasteiger partial charge is 0.461 e. The van der Waals surface area contributed by atoms with E-state index >= 15 is 0 Å². The smallest absolute Gasteiger partial charge is 0.220 e. The Morgan fingerprint density at radius 1 is 1.19 bits per heavy atom. The molecule has 1 saturated heterocycles. The summed E-state index contributed by atoms with van der Waals surface area (Å²) in [5, 5.41) is 4.20. The lowest BCUT2D eigenvalue weighted by atomic mass is 9.82. The lowest BCUT2D eigenvalue weighted by molar-refractivity contribution is -0.121. The first-order valence-corrected chi connectivity index (χ1v) is 10.2. The second-order valence-electron chi connectivity index (χ2n) is 8.12. The number of benzene rings is 1. The summed E-state index contributed by atoms with van der Waals surface area (Å²) in [5.74, 6) is 2.68. The highest BCUT2D eigenvalue weighted by Crippen LogP contribution is 2.30. The molecule has 2 aromatic rings. The maximum atomic E-state index is 12.1. The van der Waals surface area contributed by atoms with Crippen LogP contribution in [0.5, 0.6) is 0 Å². The van der Waals surface area contributed by atoms with E-state index in [2.05, 4.69) is 10.2 Å². The number of hydrogen-bond acceptors (Lipinski definition) is 3. The molecule has 1 amide bonds. The van der Waals surface area contributed by atoms with E-state index in [1.165, 1.54) is 38.6 Å². The minimum Gasteiger partial charge on any atom is -0.461 e. The van der Waals surface area contributed by atoms with Crippen molar-refractivity contribution in [3.63, 3.8) is 0 Å². The zero-order valence-electron chi connectivity index (χ0n) is 15.6. The second-order valence-corrected chi connectivity index (χ2v) is 8.12. The Bertz CT molecular complexity index is 696. The van der Waals surface area contributed by atoms with Crippen molar-refractivity contribution in [2.45, 2.75) is 44.9 Å². The van der Waals surface area contributed by atoms with Crippen molar-refractivity contribution in [1.82, 2.24) is 10.2 Å². The summed E-state index contributed by atoms with van der Waals surface area (Å²) in [6.45, 7) is 4.36. The van der Waals surface area contributed by atoms with E-state index in [-0.39, 0.29) is 5.91 Å². The molecular formula is C22H30N2O2. The number of furan rings is 1. The molecule has 1 N–H and O–H groups in total. The quantitative estimate of drug-likeness (QED) is 0.740. The number of para-hydroxylation sites is 1. The Morgan fingerprint density at radius 3 is 2.81 bits per heavy atom. The summed E-state index contributed by atoms with van der Waals surface area (Å²) in [4.78, 5) is 14.6. The molecule has 2 fully saturated rings. The molecule has 26 heavy (non-hydrogen) atoms. The molecule has 4 nitrogen and oxygen atoms in total. The van der Waals surface area contributed by atoms with Crippen molar-refractivity contribution in [1.29, 1.82) is 0 Å². The second kappa shape index (κ2) is 8.26. The highest BCUT2D eigenvalue weighted by Gasteiger charge is 2.26. The van der Waals surface area contributed by atoms with Crippen LogP contribution in [0, 0.1) is 11.8 Å². The summed E-state index contributed by atoms with van der Waals surface area (Å²) < 4.78 is 5.77. The van der Waals surface area contributed by atoms with Gasteiger partial charge in [-0.25, -0.2) is 0 Å². The van der Waals surface area contributed by atoms with Gasteiger partial charge >= 0.3 is 0 Å². The Hall–Kier alpha value is -1.81. The zero-order valence-corrected chi connectivity index (χ0v) is 15.6. The summed E-state index contributed by atoms with van der Waals surface area (Å²) in [6, 6.07) is 10.0. The first kappa shape index (κ1) is 17.6. The van der Waals surface area contributed by atoms with Gasteiger partial charge in [0, 0.05) is 43.8 Å². The molecule has 0 atom stereocenters. The first-order valence-electron chi connectivity index (χ1n) is 10.2. The predicted octanol–water partition coefficient (Wildman–Crippen LogP) is 3.99. The van der Waals surface area contributed by atoms with Gasteiger partial charge in [0.05, 0.1) is 0 Å². The number of nitrogens with zero attached hydrogens (tertiary/aromatic N) is 1. The average Bonchev–Trinajstić information content (AvgIpc) is 2.98. The third kappa shape index (κ3) is 4.47. The lowest BCUT2D eigenvalue weighted by Crippen LogP contribution is -2.51. The lowest BCUT2D eigenvalue weighted by Gasteiger charge is -2.40. The standard InChI is InChI=1S/C22H30N2O2/c25-22(11-10-20-13-19-8-1-2-9-21(19)26-20)23-14-18-15-24(16-18)12-4-7-17-5-3-6-17/h1-2,8-9,13,17-18H,3-7,10-12,14-16H2,(H,23,25). The van der Waals surface area contributed by atoms with E-state index in [4.69, 9.17) is 4.42 Å². The molecule has 1 aromatic carbocycles. The van der Waals surface area contributed by atoms with Gasteiger partial charge in [-0.3, -0.25) is 4.79 Å². The number of hydrogen-bond donors (Lipinski definition) is 1. The molecule has 1 aliphatic carbocycles. The van der Waals surface area contributed by atoms with Gasteiger partial charge in [-0.1, -0.05) is 37.5 Å². The number of amides is 1. The van der Waals surface area contributed by atoms with E-state index in [0.717, 1.165) is 42.3 Å². The molecule has 0 spiro atoms. The van der Waals surface area contributed by atoms with Crippen LogP contribution in [0.2, 0.25) is 0 Å². The fraction of sp³-hybridized carbons (Fsp3) is 0.591. The van der Waals surface area contributed by atoms with Crippen molar-refractivity contribution in [2.75, 3.05) is 26.2 Å². The highest BCUT2D eigenvalue weighted by molar-refractivity contribution is 5.78. The van der Waals surface area contributed by atoms with Crippen molar-refractivity contribution in [3.8, 4) is 0 Å².